The van der Waals surface area contributed by atoms with E-state index in [1.165, 1.54) is 12.8 Å². The van der Waals surface area contributed by atoms with Crippen molar-refractivity contribution >= 4 is 7.82 Å². The molecule has 0 aliphatic carbocycles. The Morgan fingerprint density at radius 2 is 1.72 bits per heavy atom. The molecule has 0 rings (SSSR count). The Balaban J connectivity index is 3.60. The third-order valence-corrected chi connectivity index (χ3v) is 3.73. The van der Waals surface area contributed by atoms with Crippen LogP contribution in [0.2, 0.25) is 0 Å². The van der Waals surface area contributed by atoms with Crippen molar-refractivity contribution in [1.82, 2.24) is 0 Å². The van der Waals surface area contributed by atoms with Crippen LogP contribution in [0.5, 0.6) is 0 Å². The van der Waals surface area contributed by atoms with Gasteiger partial charge in [0.2, 0.25) is 0 Å². The number of phosphoric ester groups is 1. The van der Waals surface area contributed by atoms with Gasteiger partial charge in [0.1, 0.15) is 0 Å². The highest BCUT2D eigenvalue weighted by Gasteiger charge is 2.20. The van der Waals surface area contributed by atoms with Crippen molar-refractivity contribution in [1.29, 1.82) is 0 Å². The molecule has 0 aromatic rings. The summed E-state index contributed by atoms with van der Waals surface area (Å²) in [5.41, 5.74) is 5.18. The van der Waals surface area contributed by atoms with Crippen LogP contribution in [-0.4, -0.2) is 24.7 Å². The molecule has 18 heavy (non-hydrogen) atoms. The van der Waals surface area contributed by atoms with E-state index >= 15 is 0 Å². The molecular formula is C12H28NO4P. The molecule has 0 aliphatic heterocycles. The monoisotopic (exact) mass is 281 g/mol. The zero-order valence-corrected chi connectivity index (χ0v) is 12.7. The van der Waals surface area contributed by atoms with Crippen LogP contribution >= 0.6 is 7.82 Å². The van der Waals surface area contributed by atoms with Crippen molar-refractivity contribution in [3.05, 3.63) is 0 Å². The van der Waals surface area contributed by atoms with Crippen molar-refractivity contribution < 1.29 is 18.5 Å². The maximum Gasteiger partial charge on any atom is 0.472 e. The first kappa shape index (κ1) is 18.1. The van der Waals surface area contributed by atoms with Crippen LogP contribution in [0.15, 0.2) is 0 Å². The lowest BCUT2D eigenvalue weighted by molar-refractivity contribution is 0.145. The first-order valence-corrected chi connectivity index (χ1v) is 8.19. The van der Waals surface area contributed by atoms with E-state index in [0.29, 0.717) is 5.92 Å². The van der Waals surface area contributed by atoms with Crippen LogP contribution in [0.3, 0.4) is 0 Å². The molecule has 0 fully saturated rings. The lowest BCUT2D eigenvalue weighted by Gasteiger charge is -2.14. The SMILES string of the molecule is CC(C)CCCC(C)CCOP(=O)(O)OCCN. The highest BCUT2D eigenvalue weighted by atomic mass is 31.2. The number of rotatable bonds is 11. The largest absolute Gasteiger partial charge is 0.472 e. The lowest BCUT2D eigenvalue weighted by atomic mass is 9.98. The van der Waals surface area contributed by atoms with E-state index in [1.807, 2.05) is 0 Å². The predicted octanol–water partition coefficient (Wildman–Crippen LogP) is 2.93. The first-order valence-electron chi connectivity index (χ1n) is 6.69. The van der Waals surface area contributed by atoms with Crippen LogP contribution in [0.4, 0.5) is 0 Å². The normalized spacial score (nSPS) is 16.8. The third-order valence-electron chi connectivity index (χ3n) is 2.72. The molecule has 0 aliphatic rings. The zero-order valence-electron chi connectivity index (χ0n) is 11.8. The molecule has 3 N–H and O–H groups in total. The average Bonchev–Trinajstić information content (AvgIpc) is 2.25. The van der Waals surface area contributed by atoms with E-state index in [4.69, 9.17) is 10.3 Å². The second-order valence-electron chi connectivity index (χ2n) is 5.14. The minimum absolute atomic E-state index is 0.0394. The molecule has 0 bridgehead atoms. The topological polar surface area (TPSA) is 81.8 Å². The van der Waals surface area contributed by atoms with Gasteiger partial charge in [0.15, 0.2) is 0 Å². The Labute approximate surface area is 111 Å². The minimum Gasteiger partial charge on any atom is -0.328 e. The van der Waals surface area contributed by atoms with E-state index < -0.39 is 7.82 Å². The zero-order chi connectivity index (χ0) is 14.0. The van der Waals surface area contributed by atoms with Gasteiger partial charge in [-0.05, 0) is 18.3 Å². The van der Waals surface area contributed by atoms with Gasteiger partial charge in [-0.3, -0.25) is 9.05 Å². The Kier molecular flexibility index (Phi) is 9.97. The van der Waals surface area contributed by atoms with E-state index in [9.17, 15) is 9.46 Å². The Morgan fingerprint density at radius 1 is 1.11 bits per heavy atom. The smallest absolute Gasteiger partial charge is 0.328 e. The molecule has 5 nitrogen and oxygen atoms in total. The average molecular weight is 281 g/mol. The van der Waals surface area contributed by atoms with Gasteiger partial charge in [0.05, 0.1) is 13.2 Å². The molecule has 2 unspecified atom stereocenters. The summed E-state index contributed by atoms with van der Waals surface area (Å²) in [6.07, 6.45) is 4.32. The highest BCUT2D eigenvalue weighted by Crippen LogP contribution is 2.43. The standard InChI is InChI=1S/C12H28NO4P/c1-11(2)5-4-6-12(3)7-9-16-18(14,15)17-10-8-13/h11-12H,4-10,13H2,1-3H3,(H,14,15). The van der Waals surface area contributed by atoms with Gasteiger partial charge in [-0.1, -0.05) is 40.0 Å². The van der Waals surface area contributed by atoms with Crippen LogP contribution in [-0.2, 0) is 13.6 Å². The number of nitrogens with two attached hydrogens (primary N) is 1. The Bertz CT molecular complexity index is 248. The van der Waals surface area contributed by atoms with Crippen LogP contribution < -0.4 is 5.73 Å². The summed E-state index contributed by atoms with van der Waals surface area (Å²) < 4.78 is 20.8. The molecule has 6 heteroatoms. The summed E-state index contributed by atoms with van der Waals surface area (Å²) in [5, 5.41) is 0. The maximum atomic E-state index is 11.3. The van der Waals surface area contributed by atoms with Crippen molar-refractivity contribution in [3.63, 3.8) is 0 Å². The van der Waals surface area contributed by atoms with Gasteiger partial charge in [-0.15, -0.1) is 0 Å². The Morgan fingerprint density at radius 3 is 2.28 bits per heavy atom. The predicted molar refractivity (Wildman–Crippen MR) is 73.3 cm³/mol. The second-order valence-corrected chi connectivity index (χ2v) is 6.60. The summed E-state index contributed by atoms with van der Waals surface area (Å²) >= 11 is 0. The van der Waals surface area contributed by atoms with E-state index in [2.05, 4.69) is 25.3 Å². The molecule has 0 amide bonds. The van der Waals surface area contributed by atoms with Gasteiger partial charge in [0, 0.05) is 6.54 Å². The van der Waals surface area contributed by atoms with Gasteiger partial charge >= 0.3 is 7.82 Å². The number of hydrogen-bond donors (Lipinski definition) is 2. The molecule has 0 saturated heterocycles. The van der Waals surface area contributed by atoms with Gasteiger partial charge in [-0.2, -0.15) is 0 Å². The number of hydrogen-bond acceptors (Lipinski definition) is 4. The molecule has 0 heterocycles. The lowest BCUT2D eigenvalue weighted by Crippen LogP contribution is -2.09. The molecule has 2 atom stereocenters. The Hall–Kier alpha value is 0.0700. The van der Waals surface area contributed by atoms with Crippen LogP contribution in [0.25, 0.3) is 0 Å². The highest BCUT2D eigenvalue weighted by molar-refractivity contribution is 7.47. The summed E-state index contributed by atoms with van der Waals surface area (Å²) in [7, 11) is -3.89. The van der Waals surface area contributed by atoms with E-state index in [0.717, 1.165) is 18.8 Å². The summed E-state index contributed by atoms with van der Waals surface area (Å²) in [5.74, 6) is 1.23. The van der Waals surface area contributed by atoms with Crippen molar-refractivity contribution in [3.8, 4) is 0 Å². The van der Waals surface area contributed by atoms with E-state index in [1.54, 1.807) is 0 Å². The summed E-state index contributed by atoms with van der Waals surface area (Å²) in [6, 6.07) is 0. The van der Waals surface area contributed by atoms with Crippen molar-refractivity contribution in [2.75, 3.05) is 19.8 Å². The van der Waals surface area contributed by atoms with Crippen LogP contribution in [0, 0.1) is 11.8 Å². The van der Waals surface area contributed by atoms with Gasteiger partial charge in [-0.25, -0.2) is 4.57 Å². The second kappa shape index (κ2) is 9.93. The molecule has 0 aromatic carbocycles. The fraction of sp³-hybridized carbons (Fsp3) is 1.00. The molecule has 0 saturated carbocycles. The molecule has 0 spiro atoms. The first-order chi connectivity index (χ1) is 8.37. The summed E-state index contributed by atoms with van der Waals surface area (Å²) in [4.78, 5) is 9.26. The molecule has 0 aromatic heterocycles. The summed E-state index contributed by atoms with van der Waals surface area (Å²) in [6.45, 7) is 7.06. The fourth-order valence-corrected chi connectivity index (χ4v) is 2.34. The molecular weight excluding hydrogens is 253 g/mol. The molecule has 0 radical (unpaired) electrons. The molecule has 110 valence electrons. The van der Waals surface area contributed by atoms with Gasteiger partial charge < -0.3 is 10.6 Å². The maximum absolute atomic E-state index is 11.3. The van der Waals surface area contributed by atoms with Gasteiger partial charge in [0.25, 0.3) is 0 Å². The third kappa shape index (κ3) is 11.2. The van der Waals surface area contributed by atoms with Crippen LogP contribution in [0.1, 0.15) is 46.5 Å². The number of phosphoric acid groups is 1. The quantitative estimate of drug-likeness (QED) is 0.569. The van der Waals surface area contributed by atoms with Crippen molar-refractivity contribution in [2.24, 2.45) is 17.6 Å². The fourth-order valence-electron chi connectivity index (χ4n) is 1.59. The van der Waals surface area contributed by atoms with Crippen molar-refractivity contribution in [2.45, 2.75) is 46.5 Å². The minimum atomic E-state index is -3.89. The van der Waals surface area contributed by atoms with E-state index in [-0.39, 0.29) is 19.8 Å².